The molecule has 0 aliphatic carbocycles. The number of urea groups is 1. The molecule has 0 radical (unpaired) electrons. The van der Waals surface area contributed by atoms with Gasteiger partial charge in [-0.3, -0.25) is 4.98 Å². The van der Waals surface area contributed by atoms with Crippen LogP contribution in [0.25, 0.3) is 11.4 Å². The number of ether oxygens (including phenoxy) is 1. The lowest BCUT2D eigenvalue weighted by molar-refractivity contribution is 0.132. The minimum atomic E-state index is -0.0952. The molecular formula is C14H17N5O3. The number of nitrogens with one attached hydrogen (secondary N) is 1. The first-order chi connectivity index (χ1) is 10.8. The van der Waals surface area contributed by atoms with E-state index in [1.54, 1.807) is 24.4 Å². The molecule has 1 saturated heterocycles. The van der Waals surface area contributed by atoms with Crippen LogP contribution in [-0.4, -0.2) is 59.4 Å². The quantitative estimate of drug-likeness (QED) is 0.824. The van der Waals surface area contributed by atoms with Crippen molar-refractivity contribution in [3.05, 3.63) is 30.4 Å². The largest absolute Gasteiger partial charge is 0.383 e. The monoisotopic (exact) mass is 303 g/mol. The Morgan fingerprint density at radius 3 is 2.95 bits per heavy atom. The maximum absolute atomic E-state index is 11.8. The summed E-state index contributed by atoms with van der Waals surface area (Å²) in [6.45, 7) is 2.17. The van der Waals surface area contributed by atoms with Crippen molar-refractivity contribution in [3.8, 4) is 11.4 Å². The number of likely N-dealkylation sites (tertiary alicyclic amines) is 1. The van der Waals surface area contributed by atoms with Gasteiger partial charge in [-0.15, -0.1) is 0 Å². The van der Waals surface area contributed by atoms with Gasteiger partial charge in [0.25, 0.3) is 0 Å². The second-order valence-electron chi connectivity index (χ2n) is 5.02. The van der Waals surface area contributed by atoms with Crippen molar-refractivity contribution in [2.24, 2.45) is 0 Å². The molecule has 116 valence electrons. The number of rotatable bonds is 5. The SMILES string of the molecule is COCCNC(=O)N1CC(c2nc(-c3ccncc3)no2)C1. The molecule has 0 spiro atoms. The third-order valence-electron chi connectivity index (χ3n) is 3.48. The van der Waals surface area contributed by atoms with Gasteiger partial charge in [-0.25, -0.2) is 4.79 Å². The third-order valence-corrected chi connectivity index (χ3v) is 3.48. The van der Waals surface area contributed by atoms with E-state index in [4.69, 9.17) is 9.26 Å². The molecule has 1 fully saturated rings. The first-order valence-corrected chi connectivity index (χ1v) is 7.03. The lowest BCUT2D eigenvalue weighted by Gasteiger charge is -2.36. The fourth-order valence-corrected chi connectivity index (χ4v) is 2.19. The average Bonchev–Trinajstić information content (AvgIpc) is 2.96. The van der Waals surface area contributed by atoms with Crippen molar-refractivity contribution < 1.29 is 14.1 Å². The number of hydrogen-bond donors (Lipinski definition) is 1. The minimum absolute atomic E-state index is 0.0938. The number of methoxy groups -OCH3 is 1. The summed E-state index contributed by atoms with van der Waals surface area (Å²) >= 11 is 0. The van der Waals surface area contributed by atoms with Crippen LogP contribution in [0.4, 0.5) is 4.79 Å². The molecular weight excluding hydrogens is 286 g/mol. The molecule has 1 aliphatic rings. The van der Waals surface area contributed by atoms with Crippen LogP contribution in [0.5, 0.6) is 0 Å². The molecule has 3 heterocycles. The van der Waals surface area contributed by atoms with Gasteiger partial charge in [0.1, 0.15) is 0 Å². The molecule has 0 atom stereocenters. The van der Waals surface area contributed by atoms with Crippen LogP contribution in [-0.2, 0) is 4.74 Å². The van der Waals surface area contributed by atoms with Gasteiger partial charge in [-0.2, -0.15) is 4.98 Å². The lowest BCUT2D eigenvalue weighted by atomic mass is 10.0. The van der Waals surface area contributed by atoms with Crippen molar-refractivity contribution in [1.82, 2.24) is 25.3 Å². The Morgan fingerprint density at radius 2 is 2.23 bits per heavy atom. The highest BCUT2D eigenvalue weighted by atomic mass is 16.5. The number of carbonyl (C=O) groups is 1. The Balaban J connectivity index is 1.53. The molecule has 2 aromatic rings. The van der Waals surface area contributed by atoms with E-state index in [0.717, 1.165) is 5.56 Å². The summed E-state index contributed by atoms with van der Waals surface area (Å²) in [5.74, 6) is 1.20. The zero-order valence-electron chi connectivity index (χ0n) is 12.2. The molecule has 1 N–H and O–H groups in total. The van der Waals surface area contributed by atoms with Crippen LogP contribution in [0.15, 0.2) is 29.0 Å². The zero-order chi connectivity index (χ0) is 15.4. The summed E-state index contributed by atoms with van der Waals surface area (Å²) in [5, 5.41) is 6.75. The first kappa shape index (κ1) is 14.5. The van der Waals surface area contributed by atoms with E-state index in [0.29, 0.717) is 38.0 Å². The molecule has 0 unspecified atom stereocenters. The number of nitrogens with zero attached hydrogens (tertiary/aromatic N) is 4. The molecule has 2 aromatic heterocycles. The van der Waals surface area contributed by atoms with Gasteiger partial charge < -0.3 is 19.5 Å². The summed E-state index contributed by atoms with van der Waals surface area (Å²) in [6.07, 6.45) is 3.36. The molecule has 8 nitrogen and oxygen atoms in total. The predicted octanol–water partition coefficient (Wildman–Crippen LogP) is 0.887. The molecule has 22 heavy (non-hydrogen) atoms. The maximum atomic E-state index is 11.8. The third kappa shape index (κ3) is 3.06. The summed E-state index contributed by atoms with van der Waals surface area (Å²) in [6, 6.07) is 3.55. The molecule has 8 heteroatoms. The standard InChI is InChI=1S/C14H17N5O3/c1-21-7-6-16-14(20)19-8-11(9-19)13-17-12(18-22-13)10-2-4-15-5-3-10/h2-5,11H,6-9H2,1H3,(H,16,20). The second-order valence-corrected chi connectivity index (χ2v) is 5.02. The van der Waals surface area contributed by atoms with E-state index < -0.39 is 0 Å². The fraction of sp³-hybridized carbons (Fsp3) is 0.429. The van der Waals surface area contributed by atoms with Gasteiger partial charge >= 0.3 is 6.03 Å². The molecule has 0 aromatic carbocycles. The number of aromatic nitrogens is 3. The van der Waals surface area contributed by atoms with Crippen LogP contribution in [0, 0.1) is 0 Å². The summed E-state index contributed by atoms with van der Waals surface area (Å²) in [7, 11) is 1.60. The van der Waals surface area contributed by atoms with Crippen molar-refractivity contribution in [2.45, 2.75) is 5.92 Å². The lowest BCUT2D eigenvalue weighted by Crippen LogP contribution is -2.53. The fourth-order valence-electron chi connectivity index (χ4n) is 2.19. The van der Waals surface area contributed by atoms with Crippen LogP contribution >= 0.6 is 0 Å². The van der Waals surface area contributed by atoms with E-state index in [-0.39, 0.29) is 11.9 Å². The van der Waals surface area contributed by atoms with Crippen LogP contribution in [0.2, 0.25) is 0 Å². The van der Waals surface area contributed by atoms with Gasteiger partial charge in [0, 0.05) is 44.7 Å². The number of amides is 2. The Labute approximate surface area is 127 Å². The Bertz CT molecular complexity index is 624. The van der Waals surface area contributed by atoms with Gasteiger partial charge in [-0.1, -0.05) is 5.16 Å². The van der Waals surface area contributed by atoms with E-state index >= 15 is 0 Å². The van der Waals surface area contributed by atoms with E-state index in [9.17, 15) is 4.79 Å². The van der Waals surface area contributed by atoms with Crippen LogP contribution in [0.3, 0.4) is 0 Å². The van der Waals surface area contributed by atoms with Crippen molar-refractivity contribution in [1.29, 1.82) is 0 Å². The molecule has 0 bridgehead atoms. The van der Waals surface area contributed by atoms with Crippen molar-refractivity contribution in [2.75, 3.05) is 33.4 Å². The van der Waals surface area contributed by atoms with E-state index in [1.165, 1.54) is 0 Å². The summed E-state index contributed by atoms with van der Waals surface area (Å²) < 4.78 is 10.2. The maximum Gasteiger partial charge on any atom is 0.317 e. The number of carbonyl (C=O) groups excluding carboxylic acids is 1. The predicted molar refractivity (Wildman–Crippen MR) is 77.1 cm³/mol. The van der Waals surface area contributed by atoms with Gasteiger partial charge in [0.15, 0.2) is 0 Å². The highest BCUT2D eigenvalue weighted by Gasteiger charge is 2.35. The van der Waals surface area contributed by atoms with Gasteiger partial charge in [-0.05, 0) is 12.1 Å². The Morgan fingerprint density at radius 1 is 1.45 bits per heavy atom. The molecule has 0 saturated carbocycles. The van der Waals surface area contributed by atoms with Crippen molar-refractivity contribution in [3.63, 3.8) is 0 Å². The van der Waals surface area contributed by atoms with Gasteiger partial charge in [0.2, 0.25) is 11.7 Å². The highest BCUT2D eigenvalue weighted by molar-refractivity contribution is 5.75. The second kappa shape index (κ2) is 6.52. The Kier molecular flexibility index (Phi) is 4.29. The zero-order valence-corrected chi connectivity index (χ0v) is 12.2. The molecule has 2 amide bonds. The summed E-state index contributed by atoms with van der Waals surface area (Å²) in [4.78, 5) is 21.8. The van der Waals surface area contributed by atoms with Crippen LogP contribution < -0.4 is 5.32 Å². The van der Waals surface area contributed by atoms with Gasteiger partial charge in [0.05, 0.1) is 12.5 Å². The highest BCUT2D eigenvalue weighted by Crippen LogP contribution is 2.27. The number of pyridine rings is 1. The topological polar surface area (TPSA) is 93.4 Å². The van der Waals surface area contributed by atoms with E-state index in [2.05, 4.69) is 20.4 Å². The van der Waals surface area contributed by atoms with Crippen LogP contribution in [0.1, 0.15) is 11.8 Å². The summed E-state index contributed by atoms with van der Waals surface area (Å²) in [5.41, 5.74) is 0.860. The minimum Gasteiger partial charge on any atom is -0.383 e. The normalized spacial score (nSPS) is 14.7. The molecule has 1 aliphatic heterocycles. The Hall–Kier alpha value is -2.48. The number of hydrogen-bond acceptors (Lipinski definition) is 6. The van der Waals surface area contributed by atoms with Crippen molar-refractivity contribution >= 4 is 6.03 Å². The van der Waals surface area contributed by atoms with E-state index in [1.807, 2.05) is 12.1 Å². The smallest absolute Gasteiger partial charge is 0.317 e. The first-order valence-electron chi connectivity index (χ1n) is 7.03. The molecule has 3 rings (SSSR count). The average molecular weight is 303 g/mol.